The predicted molar refractivity (Wildman–Crippen MR) is 160 cm³/mol. The van der Waals surface area contributed by atoms with E-state index < -0.39 is 8.32 Å². The van der Waals surface area contributed by atoms with Crippen molar-refractivity contribution < 1.29 is 13.7 Å². The Hall–Kier alpha value is -0.878. The largest absolute Gasteiger partial charge is 0.487 e. The molecular formula is C31H55BO3Si. The lowest BCUT2D eigenvalue weighted by molar-refractivity contribution is 0.00578. The Morgan fingerprint density at radius 2 is 1.56 bits per heavy atom. The second-order valence-electron chi connectivity index (χ2n) is 12.4. The summed E-state index contributed by atoms with van der Waals surface area (Å²) in [6.45, 7) is 22.3. The quantitative estimate of drug-likeness (QED) is 0.172. The van der Waals surface area contributed by atoms with Crippen molar-refractivity contribution in [3.63, 3.8) is 0 Å². The van der Waals surface area contributed by atoms with Gasteiger partial charge in [-0.2, -0.15) is 0 Å². The fourth-order valence-corrected chi connectivity index (χ4v) is 8.51. The van der Waals surface area contributed by atoms with Crippen LogP contribution in [0.1, 0.15) is 119 Å². The van der Waals surface area contributed by atoms with Gasteiger partial charge in [-0.3, -0.25) is 0 Å². The van der Waals surface area contributed by atoms with Gasteiger partial charge >= 0.3 is 7.12 Å². The molecule has 0 spiro atoms. The van der Waals surface area contributed by atoms with Gasteiger partial charge in [-0.15, -0.1) is 0 Å². The van der Waals surface area contributed by atoms with Crippen molar-refractivity contribution >= 4 is 21.0 Å². The zero-order valence-electron chi connectivity index (χ0n) is 25.3. The van der Waals surface area contributed by atoms with Crippen molar-refractivity contribution in [1.29, 1.82) is 0 Å². The van der Waals surface area contributed by atoms with E-state index >= 15 is 0 Å². The van der Waals surface area contributed by atoms with E-state index in [-0.39, 0.29) is 23.9 Å². The van der Waals surface area contributed by atoms with Crippen LogP contribution in [0.5, 0.6) is 0 Å². The summed E-state index contributed by atoms with van der Waals surface area (Å²) in [6.07, 6.45) is 8.12. The van der Waals surface area contributed by atoms with Gasteiger partial charge in [0.2, 0.25) is 0 Å². The molecule has 0 aromatic heterocycles. The summed E-state index contributed by atoms with van der Waals surface area (Å²) in [6, 6.07) is 12.8. The van der Waals surface area contributed by atoms with Gasteiger partial charge in [0.1, 0.15) is 0 Å². The van der Waals surface area contributed by atoms with Crippen LogP contribution in [0.2, 0.25) is 18.1 Å². The molecule has 1 aromatic rings. The summed E-state index contributed by atoms with van der Waals surface area (Å²) in [4.78, 5) is 0. The third-order valence-corrected chi connectivity index (χ3v) is 13.4. The molecule has 0 atom stereocenters. The average Bonchev–Trinajstić information content (AvgIpc) is 3.02. The van der Waals surface area contributed by atoms with Crippen LogP contribution in [0.25, 0.3) is 5.57 Å². The maximum atomic E-state index is 6.80. The molecule has 1 saturated heterocycles. The van der Waals surface area contributed by atoms with Crippen LogP contribution < -0.4 is 0 Å². The molecular weight excluding hydrogens is 459 g/mol. The highest BCUT2D eigenvalue weighted by molar-refractivity contribution is 6.73. The average molecular weight is 515 g/mol. The number of rotatable bonds is 15. The number of aryl methyl sites for hydroxylation is 1. The van der Waals surface area contributed by atoms with Crippen molar-refractivity contribution in [3.8, 4) is 0 Å². The van der Waals surface area contributed by atoms with Gasteiger partial charge in [0.15, 0.2) is 8.32 Å². The standard InChI is InChI=1S/C31H55BO3Si/c1-11-19-28(25-32-33-30(7,8)31(9,10)34-32)27-22-18-21-26(24-27)20-16-15-17-23-29(5,6)35-36(12-2,13-3)14-4/h18,21-22,24-25H,11-17,19-20,23H2,1-10H3/b28-25+. The number of benzene rings is 1. The lowest BCUT2D eigenvalue weighted by atomic mass is 9.83. The van der Waals surface area contributed by atoms with E-state index in [9.17, 15) is 0 Å². The Morgan fingerprint density at radius 1 is 0.944 bits per heavy atom. The van der Waals surface area contributed by atoms with E-state index in [0.717, 1.165) is 25.7 Å². The Bertz CT molecular complexity index is 818. The monoisotopic (exact) mass is 514 g/mol. The first-order valence-corrected chi connectivity index (χ1v) is 17.2. The smallest absolute Gasteiger partial charge is 0.412 e. The molecule has 0 saturated carbocycles. The van der Waals surface area contributed by atoms with E-state index in [1.165, 1.54) is 54.1 Å². The van der Waals surface area contributed by atoms with Crippen LogP contribution in [0.4, 0.5) is 0 Å². The first kappa shape index (κ1) is 31.3. The van der Waals surface area contributed by atoms with Crippen molar-refractivity contribution in [2.75, 3.05) is 0 Å². The van der Waals surface area contributed by atoms with Gasteiger partial charge in [0.25, 0.3) is 0 Å². The molecule has 0 amide bonds. The fourth-order valence-electron chi connectivity index (χ4n) is 5.30. The Balaban J connectivity index is 1.94. The Morgan fingerprint density at radius 3 is 2.11 bits per heavy atom. The van der Waals surface area contributed by atoms with Gasteiger partial charge in [-0.25, -0.2) is 0 Å². The highest BCUT2D eigenvalue weighted by Crippen LogP contribution is 2.38. The summed E-state index contributed by atoms with van der Waals surface area (Å²) in [7, 11) is -1.84. The summed E-state index contributed by atoms with van der Waals surface area (Å²) in [5.74, 6) is 2.20. The van der Waals surface area contributed by atoms with Crippen molar-refractivity contribution in [1.82, 2.24) is 0 Å². The lowest BCUT2D eigenvalue weighted by Gasteiger charge is -2.38. The van der Waals surface area contributed by atoms with Gasteiger partial charge < -0.3 is 13.7 Å². The summed E-state index contributed by atoms with van der Waals surface area (Å²) >= 11 is 0. The van der Waals surface area contributed by atoms with E-state index in [4.69, 9.17) is 13.7 Å². The van der Waals surface area contributed by atoms with E-state index in [2.05, 4.69) is 99.5 Å². The van der Waals surface area contributed by atoms with Gasteiger partial charge in [-0.1, -0.05) is 77.2 Å². The van der Waals surface area contributed by atoms with E-state index in [1.54, 1.807) is 0 Å². The number of allylic oxidation sites excluding steroid dienone is 1. The first-order valence-electron chi connectivity index (χ1n) is 14.7. The zero-order valence-corrected chi connectivity index (χ0v) is 26.3. The fraction of sp³-hybridized carbons (Fsp3) is 0.742. The molecule has 1 fully saturated rings. The van der Waals surface area contributed by atoms with Gasteiger partial charge in [0, 0.05) is 0 Å². The molecule has 5 heteroatoms. The molecule has 0 unspecified atom stereocenters. The summed E-state index contributed by atoms with van der Waals surface area (Å²) < 4.78 is 19.3. The first-order chi connectivity index (χ1) is 16.8. The molecule has 0 radical (unpaired) electrons. The molecule has 1 aliphatic rings. The van der Waals surface area contributed by atoms with Crippen molar-refractivity contribution in [3.05, 3.63) is 41.4 Å². The number of hydrogen-bond acceptors (Lipinski definition) is 3. The maximum absolute atomic E-state index is 6.80. The van der Waals surface area contributed by atoms with Crippen LogP contribution in [0.15, 0.2) is 30.2 Å². The maximum Gasteiger partial charge on any atom is 0.487 e. The van der Waals surface area contributed by atoms with Crippen LogP contribution in [-0.4, -0.2) is 32.2 Å². The molecule has 0 N–H and O–H groups in total. The third kappa shape index (κ3) is 8.58. The lowest BCUT2D eigenvalue weighted by Crippen LogP contribution is -2.44. The van der Waals surface area contributed by atoms with Crippen LogP contribution in [0, 0.1) is 0 Å². The SMILES string of the molecule is CCC/C(=C\B1OC(C)(C)C(C)(C)O1)c1cccc(CCCCCC(C)(C)O[Si](CC)(CC)CC)c1. The highest BCUT2D eigenvalue weighted by Gasteiger charge is 2.50. The third-order valence-electron chi connectivity index (χ3n) is 8.60. The summed E-state index contributed by atoms with van der Waals surface area (Å²) in [5.41, 5.74) is 3.45. The van der Waals surface area contributed by atoms with E-state index in [1.807, 2.05) is 0 Å². The number of hydrogen-bond donors (Lipinski definition) is 0. The highest BCUT2D eigenvalue weighted by atomic mass is 28.4. The molecule has 1 heterocycles. The Labute approximate surface area is 225 Å². The molecule has 0 bridgehead atoms. The number of unbranched alkanes of at least 4 members (excludes halogenated alkanes) is 2. The van der Waals surface area contributed by atoms with Crippen molar-refractivity contribution in [2.45, 2.75) is 149 Å². The zero-order chi connectivity index (χ0) is 27.0. The summed E-state index contributed by atoms with van der Waals surface area (Å²) in [5, 5.41) is 0. The van der Waals surface area contributed by atoms with Gasteiger partial charge in [-0.05, 0) is 102 Å². The molecule has 3 nitrogen and oxygen atoms in total. The Kier molecular flexibility index (Phi) is 11.5. The second-order valence-corrected chi connectivity index (χ2v) is 17.1. The molecule has 0 aliphatic carbocycles. The van der Waals surface area contributed by atoms with Crippen LogP contribution >= 0.6 is 0 Å². The van der Waals surface area contributed by atoms with Gasteiger partial charge in [0.05, 0.1) is 16.8 Å². The molecule has 1 aromatic carbocycles. The normalized spacial score (nSPS) is 18.2. The molecule has 1 aliphatic heterocycles. The predicted octanol–water partition coefficient (Wildman–Crippen LogP) is 9.40. The molecule has 204 valence electrons. The van der Waals surface area contributed by atoms with Crippen LogP contribution in [0.3, 0.4) is 0 Å². The van der Waals surface area contributed by atoms with Crippen molar-refractivity contribution in [2.24, 2.45) is 0 Å². The second kappa shape index (κ2) is 13.3. The minimum atomic E-state index is -1.55. The minimum Gasteiger partial charge on any atom is -0.412 e. The molecule has 2 rings (SSSR count). The minimum absolute atomic E-state index is 0.00152. The molecule has 36 heavy (non-hydrogen) atoms. The topological polar surface area (TPSA) is 27.7 Å². The van der Waals surface area contributed by atoms with Crippen LogP contribution in [-0.2, 0) is 20.2 Å². The van der Waals surface area contributed by atoms with E-state index in [0.29, 0.717) is 0 Å².